The summed E-state index contributed by atoms with van der Waals surface area (Å²) in [6, 6.07) is 13.1. The third kappa shape index (κ3) is 3.22. The minimum absolute atomic E-state index is 0.491. The molecule has 2 aromatic rings. The van der Waals surface area contributed by atoms with Gasteiger partial charge in [0.25, 0.3) is 0 Å². The lowest BCUT2D eigenvalue weighted by molar-refractivity contribution is 0.482. The van der Waals surface area contributed by atoms with Gasteiger partial charge in [0.15, 0.2) is 0 Å². The van der Waals surface area contributed by atoms with Gasteiger partial charge in [-0.25, -0.2) is 0 Å². The molecule has 0 atom stereocenters. The van der Waals surface area contributed by atoms with Crippen LogP contribution in [0.3, 0.4) is 0 Å². The molecule has 2 rings (SSSR count). The van der Waals surface area contributed by atoms with E-state index in [4.69, 9.17) is 22.1 Å². The molecule has 4 heteroatoms. The van der Waals surface area contributed by atoms with Gasteiger partial charge >= 0.3 is 0 Å². The van der Waals surface area contributed by atoms with E-state index >= 15 is 0 Å². The Kier molecular flexibility index (Phi) is 4.05. The summed E-state index contributed by atoms with van der Waals surface area (Å²) in [5.74, 6) is 1.36. The van der Waals surface area contributed by atoms with Crippen LogP contribution in [0.25, 0.3) is 0 Å². The molecule has 0 heterocycles. The molecule has 0 aliphatic heterocycles. The van der Waals surface area contributed by atoms with Gasteiger partial charge in [-0.05, 0) is 35.9 Å². The van der Waals surface area contributed by atoms with Gasteiger partial charge < -0.3 is 10.5 Å². The first-order chi connectivity index (χ1) is 8.19. The molecule has 0 saturated carbocycles. The second-order valence-electron chi connectivity index (χ2n) is 3.53. The van der Waals surface area contributed by atoms with Crippen molar-refractivity contribution in [2.75, 3.05) is 0 Å². The minimum atomic E-state index is 0.491. The number of rotatable bonds is 3. The van der Waals surface area contributed by atoms with Crippen LogP contribution >= 0.6 is 27.5 Å². The van der Waals surface area contributed by atoms with Crippen LogP contribution in [0.15, 0.2) is 46.9 Å². The molecule has 0 saturated heterocycles. The molecule has 2 aromatic carbocycles. The first kappa shape index (κ1) is 12.4. The second-order valence-corrected chi connectivity index (χ2v) is 4.85. The molecule has 0 aromatic heterocycles. The van der Waals surface area contributed by atoms with E-state index in [9.17, 15) is 0 Å². The monoisotopic (exact) mass is 311 g/mol. The minimum Gasteiger partial charge on any atom is -0.456 e. The van der Waals surface area contributed by atoms with E-state index in [1.165, 1.54) is 0 Å². The average Bonchev–Trinajstić information content (AvgIpc) is 2.33. The predicted molar refractivity (Wildman–Crippen MR) is 73.6 cm³/mol. The third-order valence-corrected chi connectivity index (χ3v) is 3.04. The van der Waals surface area contributed by atoms with Crippen LogP contribution in [0.2, 0.25) is 5.02 Å². The summed E-state index contributed by atoms with van der Waals surface area (Å²) in [5.41, 5.74) is 6.60. The maximum Gasteiger partial charge on any atom is 0.146 e. The largest absolute Gasteiger partial charge is 0.456 e. The highest BCUT2D eigenvalue weighted by Crippen LogP contribution is 2.31. The molecular weight excluding hydrogens is 302 g/mol. The molecule has 0 bridgehead atoms. The number of hydrogen-bond acceptors (Lipinski definition) is 2. The fraction of sp³-hybridized carbons (Fsp3) is 0.0769. The van der Waals surface area contributed by atoms with Crippen LogP contribution in [0.5, 0.6) is 11.5 Å². The molecular formula is C13H11BrClNO. The number of nitrogens with two attached hydrogens (primary N) is 1. The molecule has 0 aliphatic rings. The zero-order valence-corrected chi connectivity index (χ0v) is 11.3. The molecule has 0 spiro atoms. The van der Waals surface area contributed by atoms with Crippen LogP contribution < -0.4 is 10.5 Å². The Morgan fingerprint density at radius 2 is 2.00 bits per heavy atom. The zero-order chi connectivity index (χ0) is 12.3. The Hall–Kier alpha value is -1.03. The van der Waals surface area contributed by atoms with Gasteiger partial charge in [0, 0.05) is 11.0 Å². The van der Waals surface area contributed by atoms with E-state index in [2.05, 4.69) is 15.9 Å². The fourth-order valence-electron chi connectivity index (χ4n) is 1.42. The number of benzene rings is 2. The summed E-state index contributed by atoms with van der Waals surface area (Å²) < 4.78 is 6.62. The number of hydrogen-bond donors (Lipinski definition) is 1. The van der Waals surface area contributed by atoms with Crippen molar-refractivity contribution in [3.63, 3.8) is 0 Å². The molecule has 2 nitrogen and oxygen atoms in total. The molecule has 0 aliphatic carbocycles. The van der Waals surface area contributed by atoms with Crippen LogP contribution in [-0.2, 0) is 6.54 Å². The SMILES string of the molecule is NCc1cccc(Oc2ccc(Br)cc2Cl)c1. The van der Waals surface area contributed by atoms with Crippen molar-refractivity contribution >= 4 is 27.5 Å². The Bertz CT molecular complexity index is 531. The van der Waals surface area contributed by atoms with Crippen LogP contribution in [0.1, 0.15) is 5.56 Å². The molecule has 0 radical (unpaired) electrons. The van der Waals surface area contributed by atoms with Crippen molar-refractivity contribution in [1.29, 1.82) is 0 Å². The second kappa shape index (κ2) is 5.54. The van der Waals surface area contributed by atoms with Crippen molar-refractivity contribution in [2.45, 2.75) is 6.54 Å². The highest BCUT2D eigenvalue weighted by atomic mass is 79.9. The summed E-state index contributed by atoms with van der Waals surface area (Å²) >= 11 is 9.42. The lowest BCUT2D eigenvalue weighted by Crippen LogP contribution is -1.96. The van der Waals surface area contributed by atoms with E-state index in [0.29, 0.717) is 17.3 Å². The van der Waals surface area contributed by atoms with Gasteiger partial charge in [0.05, 0.1) is 5.02 Å². The van der Waals surface area contributed by atoms with Crippen LogP contribution in [-0.4, -0.2) is 0 Å². The van der Waals surface area contributed by atoms with Gasteiger partial charge in [0.1, 0.15) is 11.5 Å². The maximum absolute atomic E-state index is 6.07. The van der Waals surface area contributed by atoms with E-state index in [-0.39, 0.29) is 0 Å². The molecule has 0 unspecified atom stereocenters. The maximum atomic E-state index is 6.07. The molecule has 17 heavy (non-hydrogen) atoms. The van der Waals surface area contributed by atoms with E-state index in [0.717, 1.165) is 15.8 Å². The van der Waals surface area contributed by atoms with Gasteiger partial charge in [-0.1, -0.05) is 39.7 Å². The Balaban J connectivity index is 2.25. The van der Waals surface area contributed by atoms with Crippen LogP contribution in [0, 0.1) is 0 Å². The topological polar surface area (TPSA) is 35.2 Å². The normalized spacial score (nSPS) is 10.3. The third-order valence-electron chi connectivity index (χ3n) is 2.26. The van der Waals surface area contributed by atoms with E-state index in [1.54, 1.807) is 6.07 Å². The molecule has 88 valence electrons. The highest BCUT2D eigenvalue weighted by Gasteiger charge is 2.04. The Morgan fingerprint density at radius 1 is 1.18 bits per heavy atom. The summed E-state index contributed by atoms with van der Waals surface area (Å²) in [4.78, 5) is 0. The lowest BCUT2D eigenvalue weighted by atomic mass is 10.2. The Labute approximate surface area is 113 Å². The van der Waals surface area contributed by atoms with Crippen molar-refractivity contribution in [3.05, 3.63) is 57.5 Å². The van der Waals surface area contributed by atoms with E-state index < -0.39 is 0 Å². The Morgan fingerprint density at radius 3 is 2.71 bits per heavy atom. The summed E-state index contributed by atoms with van der Waals surface area (Å²) in [7, 11) is 0. The van der Waals surface area contributed by atoms with Gasteiger partial charge in [-0.2, -0.15) is 0 Å². The van der Waals surface area contributed by atoms with Crippen molar-refractivity contribution in [2.24, 2.45) is 5.73 Å². The first-order valence-electron chi connectivity index (χ1n) is 5.11. The van der Waals surface area contributed by atoms with Crippen molar-refractivity contribution in [1.82, 2.24) is 0 Å². The standard InChI is InChI=1S/C13H11BrClNO/c14-10-4-5-13(12(15)7-10)17-11-3-1-2-9(6-11)8-16/h1-7H,8,16H2. The van der Waals surface area contributed by atoms with Crippen LogP contribution in [0.4, 0.5) is 0 Å². The molecule has 0 fully saturated rings. The quantitative estimate of drug-likeness (QED) is 0.914. The zero-order valence-electron chi connectivity index (χ0n) is 8.99. The van der Waals surface area contributed by atoms with Crippen molar-refractivity contribution < 1.29 is 4.74 Å². The molecule has 0 amide bonds. The molecule has 2 N–H and O–H groups in total. The van der Waals surface area contributed by atoms with E-state index in [1.807, 2.05) is 36.4 Å². The summed E-state index contributed by atoms with van der Waals surface area (Å²) in [6.45, 7) is 0.491. The number of halogens is 2. The summed E-state index contributed by atoms with van der Waals surface area (Å²) in [5, 5.41) is 0.567. The summed E-state index contributed by atoms with van der Waals surface area (Å²) in [6.07, 6.45) is 0. The lowest BCUT2D eigenvalue weighted by Gasteiger charge is -2.08. The van der Waals surface area contributed by atoms with Gasteiger partial charge in [0.2, 0.25) is 0 Å². The van der Waals surface area contributed by atoms with Gasteiger partial charge in [-0.15, -0.1) is 0 Å². The van der Waals surface area contributed by atoms with Crippen molar-refractivity contribution in [3.8, 4) is 11.5 Å². The smallest absolute Gasteiger partial charge is 0.146 e. The number of ether oxygens (including phenoxy) is 1. The predicted octanol–water partition coefficient (Wildman–Crippen LogP) is 4.35. The highest BCUT2D eigenvalue weighted by molar-refractivity contribution is 9.10. The first-order valence-corrected chi connectivity index (χ1v) is 6.28. The average molecular weight is 313 g/mol. The fourth-order valence-corrected chi connectivity index (χ4v) is 2.13. The van der Waals surface area contributed by atoms with Gasteiger partial charge in [-0.3, -0.25) is 0 Å².